The van der Waals surface area contributed by atoms with E-state index in [0.717, 1.165) is 34.1 Å². The number of aromatic nitrogens is 1. The van der Waals surface area contributed by atoms with E-state index in [1.165, 1.54) is 6.07 Å². The Hall–Kier alpha value is -1.95. The highest BCUT2D eigenvalue weighted by molar-refractivity contribution is 6.32. The average Bonchev–Trinajstić information content (AvgIpc) is 2.94. The first-order chi connectivity index (χ1) is 12.4. The Bertz CT molecular complexity index is 1020. The van der Waals surface area contributed by atoms with Gasteiger partial charge in [0.15, 0.2) is 0 Å². The lowest BCUT2D eigenvalue weighted by molar-refractivity contribution is 0.414. The molecule has 0 saturated heterocycles. The van der Waals surface area contributed by atoms with Crippen molar-refractivity contribution in [2.24, 2.45) is 0 Å². The summed E-state index contributed by atoms with van der Waals surface area (Å²) in [6.45, 7) is 2.09. The molecule has 4 nitrogen and oxygen atoms in total. The minimum atomic E-state index is -0.421. The maximum Gasteiger partial charge on any atom is 0.142 e. The fourth-order valence-electron chi connectivity index (χ4n) is 3.70. The van der Waals surface area contributed by atoms with E-state index in [9.17, 15) is 4.39 Å². The number of hydrogen-bond donors (Lipinski definition) is 3. The number of aromatic amines is 1. The van der Waals surface area contributed by atoms with E-state index in [2.05, 4.69) is 17.2 Å². The van der Waals surface area contributed by atoms with Gasteiger partial charge in [0.05, 0.1) is 23.2 Å². The van der Waals surface area contributed by atoms with Crippen molar-refractivity contribution in [1.82, 2.24) is 10.3 Å². The first kappa shape index (κ1) is 17.5. The topological polar surface area (TPSA) is 63.1 Å². The number of nitrogens with one attached hydrogen (secondary N) is 2. The Balaban J connectivity index is 1.92. The lowest BCUT2D eigenvalue weighted by Crippen LogP contribution is -2.38. The van der Waals surface area contributed by atoms with Crippen LogP contribution >= 0.6 is 23.2 Å². The molecular weight excluding hydrogens is 376 g/mol. The van der Waals surface area contributed by atoms with Crippen molar-refractivity contribution in [2.75, 3.05) is 12.8 Å². The predicted molar refractivity (Wildman–Crippen MR) is 104 cm³/mol. The summed E-state index contributed by atoms with van der Waals surface area (Å²) in [4.78, 5) is 3.38. The molecule has 0 aliphatic carbocycles. The van der Waals surface area contributed by atoms with Crippen LogP contribution in [0.3, 0.4) is 0 Å². The maximum atomic E-state index is 14.0. The number of benzene rings is 2. The van der Waals surface area contributed by atoms with Gasteiger partial charge in [0.1, 0.15) is 11.6 Å². The number of anilines is 1. The first-order valence-electron chi connectivity index (χ1n) is 8.27. The lowest BCUT2D eigenvalue weighted by atomic mass is 9.90. The summed E-state index contributed by atoms with van der Waals surface area (Å²) >= 11 is 12.3. The van der Waals surface area contributed by atoms with Gasteiger partial charge in [-0.25, -0.2) is 4.39 Å². The SMILES string of the molecule is COc1cc(N)c(C2N[C@@H](C)Cc3c2[nH]c2cc(Cl)c(F)cc32)cc1Cl. The number of ether oxygens (including phenoxy) is 1. The zero-order chi connectivity index (χ0) is 18.6. The largest absolute Gasteiger partial charge is 0.495 e. The quantitative estimate of drug-likeness (QED) is 0.546. The minimum Gasteiger partial charge on any atom is -0.495 e. The lowest BCUT2D eigenvalue weighted by Gasteiger charge is -2.30. The summed E-state index contributed by atoms with van der Waals surface area (Å²) < 4.78 is 19.2. The van der Waals surface area contributed by atoms with E-state index in [-0.39, 0.29) is 17.1 Å². The third-order valence-corrected chi connectivity index (χ3v) is 5.48. The van der Waals surface area contributed by atoms with Crippen LogP contribution in [0.25, 0.3) is 10.9 Å². The molecule has 4 N–H and O–H groups in total. The third kappa shape index (κ3) is 2.71. The van der Waals surface area contributed by atoms with Gasteiger partial charge in [-0.2, -0.15) is 0 Å². The zero-order valence-corrected chi connectivity index (χ0v) is 15.8. The Kier molecular flexibility index (Phi) is 4.26. The van der Waals surface area contributed by atoms with Crippen LogP contribution in [0.15, 0.2) is 24.3 Å². The maximum absolute atomic E-state index is 14.0. The standard InChI is InChI=1S/C19H18Cl2FN3O/c1-8-3-10-9-5-14(22)12(20)6-16(9)25-18(10)19(24-8)11-4-13(21)17(26-2)7-15(11)23/h4-8,19,24-25H,3,23H2,1-2H3/t8-,19?/m0/s1. The number of hydrogen-bond acceptors (Lipinski definition) is 3. The van der Waals surface area contributed by atoms with Crippen molar-refractivity contribution in [3.63, 3.8) is 0 Å². The van der Waals surface area contributed by atoms with Gasteiger partial charge in [0.25, 0.3) is 0 Å². The monoisotopic (exact) mass is 393 g/mol. The fraction of sp³-hybridized carbons (Fsp3) is 0.263. The van der Waals surface area contributed by atoms with Crippen molar-refractivity contribution in [3.05, 3.63) is 56.9 Å². The molecule has 7 heteroatoms. The van der Waals surface area contributed by atoms with Crippen molar-refractivity contribution in [1.29, 1.82) is 0 Å². The van der Waals surface area contributed by atoms with E-state index in [4.69, 9.17) is 33.7 Å². The second kappa shape index (κ2) is 6.34. The van der Waals surface area contributed by atoms with Crippen LogP contribution in [0, 0.1) is 5.82 Å². The Morgan fingerprint density at radius 1 is 1.19 bits per heavy atom. The summed E-state index contributed by atoms with van der Waals surface area (Å²) in [5.41, 5.74) is 10.5. The number of halogens is 3. The number of methoxy groups -OCH3 is 1. The Morgan fingerprint density at radius 3 is 2.69 bits per heavy atom. The van der Waals surface area contributed by atoms with E-state index in [1.54, 1.807) is 19.2 Å². The highest BCUT2D eigenvalue weighted by Crippen LogP contribution is 2.40. The number of rotatable bonds is 2. The van der Waals surface area contributed by atoms with Crippen LogP contribution < -0.4 is 15.8 Å². The van der Waals surface area contributed by atoms with Crippen LogP contribution in [0.5, 0.6) is 5.75 Å². The van der Waals surface area contributed by atoms with Gasteiger partial charge in [0.2, 0.25) is 0 Å². The molecule has 0 spiro atoms. The summed E-state index contributed by atoms with van der Waals surface area (Å²) in [6.07, 6.45) is 0.775. The molecule has 4 rings (SSSR count). The molecule has 136 valence electrons. The molecule has 1 aromatic heterocycles. The van der Waals surface area contributed by atoms with Crippen LogP contribution in [-0.2, 0) is 6.42 Å². The second-order valence-electron chi connectivity index (χ2n) is 6.65. The van der Waals surface area contributed by atoms with E-state index in [0.29, 0.717) is 16.5 Å². The van der Waals surface area contributed by atoms with Gasteiger partial charge in [0, 0.05) is 34.4 Å². The van der Waals surface area contributed by atoms with Crippen molar-refractivity contribution >= 4 is 39.8 Å². The van der Waals surface area contributed by atoms with Gasteiger partial charge in [-0.05, 0) is 42.7 Å². The minimum absolute atomic E-state index is 0.0978. The Labute approximate surface area is 160 Å². The number of nitrogen functional groups attached to an aromatic ring is 1. The van der Waals surface area contributed by atoms with E-state index < -0.39 is 5.82 Å². The second-order valence-corrected chi connectivity index (χ2v) is 7.46. The van der Waals surface area contributed by atoms with Crippen LogP contribution in [-0.4, -0.2) is 18.1 Å². The van der Waals surface area contributed by atoms with Crippen molar-refractivity contribution < 1.29 is 9.13 Å². The molecule has 3 aromatic rings. The van der Waals surface area contributed by atoms with Crippen LogP contribution in [0.4, 0.5) is 10.1 Å². The highest BCUT2D eigenvalue weighted by atomic mass is 35.5. The molecule has 2 heterocycles. The smallest absolute Gasteiger partial charge is 0.142 e. The molecule has 0 bridgehead atoms. The third-order valence-electron chi connectivity index (χ3n) is 4.90. The molecular formula is C19H18Cl2FN3O. The number of fused-ring (bicyclic) bond motifs is 3. The molecule has 0 saturated carbocycles. The predicted octanol–water partition coefficient (Wildman–Crippen LogP) is 4.83. The molecule has 26 heavy (non-hydrogen) atoms. The molecule has 1 aliphatic rings. The molecule has 0 radical (unpaired) electrons. The molecule has 2 aromatic carbocycles. The summed E-state index contributed by atoms with van der Waals surface area (Å²) in [5.74, 6) is 0.109. The number of nitrogens with two attached hydrogens (primary N) is 1. The van der Waals surface area contributed by atoms with Gasteiger partial charge < -0.3 is 20.8 Å². The molecule has 2 atom stereocenters. The summed E-state index contributed by atoms with van der Waals surface area (Å²) in [5, 5.41) is 4.98. The Morgan fingerprint density at radius 2 is 1.96 bits per heavy atom. The number of H-pyrrole nitrogens is 1. The van der Waals surface area contributed by atoms with Crippen molar-refractivity contribution in [3.8, 4) is 5.75 Å². The molecule has 0 amide bonds. The van der Waals surface area contributed by atoms with Crippen molar-refractivity contribution in [2.45, 2.75) is 25.4 Å². The average molecular weight is 394 g/mol. The molecule has 1 aliphatic heterocycles. The highest BCUT2D eigenvalue weighted by Gasteiger charge is 2.30. The van der Waals surface area contributed by atoms with Gasteiger partial charge in [-0.1, -0.05) is 23.2 Å². The normalized spacial score (nSPS) is 19.6. The van der Waals surface area contributed by atoms with Gasteiger partial charge >= 0.3 is 0 Å². The van der Waals surface area contributed by atoms with E-state index >= 15 is 0 Å². The van der Waals surface area contributed by atoms with E-state index in [1.807, 2.05) is 6.07 Å². The molecule has 1 unspecified atom stereocenters. The fourth-order valence-corrected chi connectivity index (χ4v) is 4.11. The van der Waals surface area contributed by atoms with Gasteiger partial charge in [-0.3, -0.25) is 0 Å². The zero-order valence-electron chi connectivity index (χ0n) is 14.3. The first-order valence-corrected chi connectivity index (χ1v) is 9.03. The summed E-state index contributed by atoms with van der Waals surface area (Å²) in [7, 11) is 1.55. The molecule has 0 fully saturated rings. The van der Waals surface area contributed by atoms with Crippen LogP contribution in [0.2, 0.25) is 10.0 Å². The van der Waals surface area contributed by atoms with Gasteiger partial charge in [-0.15, -0.1) is 0 Å². The summed E-state index contributed by atoms with van der Waals surface area (Å²) in [6, 6.07) is 6.64. The van der Waals surface area contributed by atoms with Crippen LogP contribution in [0.1, 0.15) is 29.8 Å².